The van der Waals surface area contributed by atoms with Crippen molar-refractivity contribution in [1.29, 1.82) is 0 Å². The molecule has 0 aliphatic carbocycles. The normalized spacial score (nSPS) is 14.2. The molecule has 6 heteroatoms. The lowest BCUT2D eigenvalue weighted by atomic mass is 9.30. The lowest BCUT2D eigenvalue weighted by molar-refractivity contribution is 1.20. The van der Waals surface area contributed by atoms with E-state index in [1.165, 1.54) is 78.3 Å². The topological polar surface area (TPSA) is 13.0 Å². The van der Waals surface area contributed by atoms with Crippen LogP contribution < -0.4 is 52.4 Å². The average molecular weight is 779 g/mol. The van der Waals surface area contributed by atoms with Crippen LogP contribution in [0.25, 0.3) is 0 Å². The van der Waals surface area contributed by atoms with Crippen molar-refractivity contribution in [2.24, 2.45) is 0 Å². The van der Waals surface area contributed by atoms with Gasteiger partial charge in [0.05, 0.1) is 0 Å². The van der Waals surface area contributed by atoms with E-state index in [4.69, 9.17) is 0 Å². The Hall–Kier alpha value is -7.69. The van der Waals surface area contributed by atoms with Gasteiger partial charge in [-0.3, -0.25) is 0 Å². The zero-order valence-corrected chi connectivity index (χ0v) is 33.9. The lowest BCUT2D eigenvalue weighted by Gasteiger charge is -2.47. The predicted molar refractivity (Wildman–Crippen MR) is 261 cm³/mol. The van der Waals surface area contributed by atoms with Crippen LogP contribution in [0.5, 0.6) is 0 Å². The van der Waals surface area contributed by atoms with Gasteiger partial charge in [0.15, 0.2) is 0 Å². The zero-order chi connectivity index (χ0) is 40.6. The molecule has 0 unspecified atom stereocenters. The Labute approximate surface area is 358 Å². The number of hydrogen-bond donors (Lipinski definition) is 0. The van der Waals surface area contributed by atoms with Gasteiger partial charge in [-0.1, -0.05) is 128 Å². The van der Waals surface area contributed by atoms with Crippen molar-refractivity contribution in [2.75, 3.05) is 19.6 Å². The maximum atomic E-state index is 4.32. The van der Waals surface area contributed by atoms with Crippen LogP contribution in [0.1, 0.15) is 6.92 Å². The standard InChI is InChI=1S/C55H40B2N4/c1-3-5-21-38(4-2)58-46-30-17-15-28-42(46)56-44-36-45-53(37-52(44)60(40-24-11-7-12-25-40)50-34-19-32-48(58)54(50)56)61(41-26-13-8-14-27-41)51-35-20-33-49-55(51)57(45)43-29-16-18-31-47(43)59(49)39-22-9-6-10-23-39/h3-37H,2H2,1H3/b5-3-,38-21+. The number of hydrogen-bond acceptors (Lipinski definition) is 4. The number of allylic oxidation sites excluding steroid dienone is 4. The van der Waals surface area contributed by atoms with Crippen LogP contribution in [-0.4, -0.2) is 13.4 Å². The molecule has 0 radical (unpaired) electrons. The fraction of sp³-hybridized carbons (Fsp3) is 0.0182. The largest absolute Gasteiger partial charge is 0.311 e. The number of benzene rings is 8. The molecule has 0 saturated carbocycles. The van der Waals surface area contributed by atoms with Gasteiger partial charge in [0.2, 0.25) is 0 Å². The van der Waals surface area contributed by atoms with Crippen LogP contribution in [0.2, 0.25) is 0 Å². The Balaban J connectivity index is 1.19. The van der Waals surface area contributed by atoms with E-state index >= 15 is 0 Å². The summed E-state index contributed by atoms with van der Waals surface area (Å²) in [5, 5.41) is 0. The first-order valence-corrected chi connectivity index (χ1v) is 21.2. The molecule has 0 amide bonds. The number of nitrogens with zero attached hydrogens (tertiary/aromatic N) is 4. The Morgan fingerprint density at radius 1 is 0.410 bits per heavy atom. The lowest BCUT2D eigenvalue weighted by Crippen LogP contribution is -2.65. The van der Waals surface area contributed by atoms with Crippen molar-refractivity contribution in [3.05, 3.63) is 225 Å². The van der Waals surface area contributed by atoms with Crippen molar-refractivity contribution < 1.29 is 0 Å². The van der Waals surface area contributed by atoms with Gasteiger partial charge in [-0.25, -0.2) is 0 Å². The van der Waals surface area contributed by atoms with Gasteiger partial charge in [-0.05, 0) is 131 Å². The first-order chi connectivity index (χ1) is 30.2. The highest BCUT2D eigenvalue weighted by atomic mass is 15.2. The molecule has 0 aromatic heterocycles. The molecule has 0 bridgehead atoms. The summed E-state index contributed by atoms with van der Waals surface area (Å²) in [5.74, 6) is 0. The highest BCUT2D eigenvalue weighted by molar-refractivity contribution is 7.03. The molecule has 286 valence electrons. The Morgan fingerprint density at radius 3 is 1.33 bits per heavy atom. The molecular weight excluding hydrogens is 738 g/mol. The quantitative estimate of drug-likeness (QED) is 0.123. The van der Waals surface area contributed by atoms with Gasteiger partial charge >= 0.3 is 0 Å². The second kappa shape index (κ2) is 14.0. The number of rotatable bonds is 6. The molecule has 4 nitrogen and oxygen atoms in total. The van der Waals surface area contributed by atoms with E-state index in [-0.39, 0.29) is 13.4 Å². The van der Waals surface area contributed by atoms with Crippen molar-refractivity contribution in [3.8, 4) is 0 Å². The number of anilines is 11. The highest BCUT2D eigenvalue weighted by Gasteiger charge is 2.47. The van der Waals surface area contributed by atoms with Crippen LogP contribution in [-0.2, 0) is 0 Å². The summed E-state index contributed by atoms with van der Waals surface area (Å²) < 4.78 is 0. The van der Waals surface area contributed by atoms with E-state index in [0.29, 0.717) is 0 Å². The van der Waals surface area contributed by atoms with Crippen LogP contribution in [0.15, 0.2) is 225 Å². The third kappa shape index (κ3) is 5.15. The summed E-state index contributed by atoms with van der Waals surface area (Å²) in [6.07, 6.45) is 8.32. The van der Waals surface area contributed by atoms with Crippen LogP contribution >= 0.6 is 0 Å². The fourth-order valence-corrected chi connectivity index (χ4v) is 10.5. The van der Waals surface area contributed by atoms with Crippen LogP contribution in [0.3, 0.4) is 0 Å². The van der Waals surface area contributed by atoms with E-state index in [2.05, 4.69) is 239 Å². The number of fused-ring (bicyclic) bond motifs is 8. The van der Waals surface area contributed by atoms with E-state index in [1.54, 1.807) is 0 Å². The van der Waals surface area contributed by atoms with Gasteiger partial charge in [0, 0.05) is 68.3 Å². The maximum Gasteiger partial charge on any atom is 0.252 e. The van der Waals surface area contributed by atoms with Gasteiger partial charge in [-0.2, -0.15) is 0 Å². The zero-order valence-electron chi connectivity index (χ0n) is 33.9. The molecule has 4 heterocycles. The first-order valence-electron chi connectivity index (χ1n) is 21.2. The van der Waals surface area contributed by atoms with Gasteiger partial charge in [-0.15, -0.1) is 0 Å². The van der Waals surface area contributed by atoms with E-state index in [1.807, 2.05) is 6.08 Å². The Kier molecular flexibility index (Phi) is 8.07. The summed E-state index contributed by atoms with van der Waals surface area (Å²) in [6, 6.07) is 69.4. The average Bonchev–Trinajstić information content (AvgIpc) is 3.32. The Bertz CT molecular complexity index is 3110. The SMILES string of the molecule is C=C/C(=C\C=C/C)N1c2ccccc2B2c3cc4c(cc3N(c3ccccc3)c3cccc1c32)N(c1ccccc1)c1cccc2c1B4c1ccccc1N2c1ccccc1. The number of para-hydroxylation sites is 5. The second-order valence-electron chi connectivity index (χ2n) is 16.0. The molecule has 4 aliphatic rings. The third-order valence-corrected chi connectivity index (χ3v) is 12.9. The summed E-state index contributed by atoms with van der Waals surface area (Å²) in [4.78, 5) is 9.87. The van der Waals surface area contributed by atoms with Crippen molar-refractivity contribution >= 4 is 109 Å². The highest BCUT2D eigenvalue weighted by Crippen LogP contribution is 2.47. The molecule has 0 saturated heterocycles. The molecule has 0 atom stereocenters. The van der Waals surface area contributed by atoms with E-state index in [0.717, 1.165) is 22.8 Å². The predicted octanol–water partition coefficient (Wildman–Crippen LogP) is 10.2. The van der Waals surface area contributed by atoms with E-state index < -0.39 is 0 Å². The van der Waals surface area contributed by atoms with Gasteiger partial charge < -0.3 is 19.6 Å². The maximum absolute atomic E-state index is 4.32. The van der Waals surface area contributed by atoms with Gasteiger partial charge in [0.1, 0.15) is 0 Å². The summed E-state index contributed by atoms with van der Waals surface area (Å²) in [5.41, 5.74) is 21.7. The summed E-state index contributed by atoms with van der Waals surface area (Å²) in [6.45, 7) is 6.35. The van der Waals surface area contributed by atoms with Crippen molar-refractivity contribution in [3.63, 3.8) is 0 Å². The monoisotopic (exact) mass is 778 g/mol. The smallest absolute Gasteiger partial charge is 0.252 e. The van der Waals surface area contributed by atoms with Crippen molar-refractivity contribution in [1.82, 2.24) is 0 Å². The summed E-state index contributed by atoms with van der Waals surface area (Å²) in [7, 11) is 0. The second-order valence-corrected chi connectivity index (χ2v) is 16.0. The Morgan fingerprint density at radius 2 is 0.820 bits per heavy atom. The molecule has 8 aromatic carbocycles. The molecule has 8 aromatic rings. The minimum absolute atomic E-state index is 0.00379. The van der Waals surface area contributed by atoms with Crippen LogP contribution in [0.4, 0.5) is 62.6 Å². The van der Waals surface area contributed by atoms with Crippen LogP contribution in [0, 0.1) is 0 Å². The first kappa shape index (κ1) is 35.3. The van der Waals surface area contributed by atoms with Gasteiger partial charge in [0.25, 0.3) is 13.4 Å². The molecule has 61 heavy (non-hydrogen) atoms. The minimum Gasteiger partial charge on any atom is -0.311 e. The summed E-state index contributed by atoms with van der Waals surface area (Å²) >= 11 is 0. The third-order valence-electron chi connectivity index (χ3n) is 12.9. The van der Waals surface area contributed by atoms with Crippen molar-refractivity contribution in [2.45, 2.75) is 6.92 Å². The molecule has 0 fully saturated rings. The minimum atomic E-state index is -0.0202. The van der Waals surface area contributed by atoms with E-state index in [9.17, 15) is 0 Å². The molecular formula is C55H40B2N4. The molecule has 0 spiro atoms. The fourth-order valence-electron chi connectivity index (χ4n) is 10.5. The molecule has 4 aliphatic heterocycles. The molecule has 12 rings (SSSR count). The molecule has 0 N–H and O–H groups in total.